The van der Waals surface area contributed by atoms with E-state index < -0.39 is 0 Å². The molecule has 0 bridgehead atoms. The highest BCUT2D eigenvalue weighted by atomic mass is 35.5. The molecule has 0 aliphatic heterocycles. The van der Waals surface area contributed by atoms with E-state index in [4.69, 9.17) is 5.73 Å². The van der Waals surface area contributed by atoms with Crippen LogP contribution in [0.15, 0.2) is 48.5 Å². The van der Waals surface area contributed by atoms with E-state index in [-0.39, 0.29) is 18.2 Å². The van der Waals surface area contributed by atoms with Crippen molar-refractivity contribution in [2.45, 2.75) is 6.54 Å². The van der Waals surface area contributed by atoms with Crippen LogP contribution in [0.5, 0.6) is 0 Å². The summed E-state index contributed by atoms with van der Waals surface area (Å²) in [4.78, 5) is 0. The highest BCUT2D eigenvalue weighted by Gasteiger charge is 2.10. The van der Waals surface area contributed by atoms with Crippen molar-refractivity contribution in [2.24, 2.45) is 5.73 Å². The Bertz CT molecular complexity index is 816. The zero-order chi connectivity index (χ0) is 14.1. The number of nitrogens with two attached hydrogens (primary N) is 1. The molecule has 106 valence electrons. The van der Waals surface area contributed by atoms with Crippen molar-refractivity contribution in [3.05, 3.63) is 65.6 Å². The van der Waals surface area contributed by atoms with Crippen LogP contribution >= 0.6 is 12.4 Å². The summed E-state index contributed by atoms with van der Waals surface area (Å²) in [5, 5.41) is 9.98. The van der Waals surface area contributed by atoms with Gasteiger partial charge in [-0.05, 0) is 42.0 Å². The van der Waals surface area contributed by atoms with E-state index in [9.17, 15) is 9.65 Å². The summed E-state index contributed by atoms with van der Waals surface area (Å²) < 4.78 is 15.1. The third-order valence-corrected chi connectivity index (χ3v) is 3.31. The Morgan fingerprint density at radius 1 is 1.10 bits per heavy atom. The number of nitrogens with zero attached hydrogens (tertiary/aromatic N) is 2. The van der Waals surface area contributed by atoms with Crippen molar-refractivity contribution in [1.29, 1.82) is 5.26 Å². The van der Waals surface area contributed by atoms with E-state index in [1.54, 1.807) is 12.1 Å². The molecule has 0 atom stereocenters. The van der Waals surface area contributed by atoms with Gasteiger partial charge in [-0.2, -0.15) is 5.26 Å². The van der Waals surface area contributed by atoms with Crippen LogP contribution in [0.3, 0.4) is 0 Å². The molecule has 5 heteroatoms. The van der Waals surface area contributed by atoms with E-state index in [0.717, 1.165) is 16.8 Å². The van der Waals surface area contributed by atoms with Crippen molar-refractivity contribution in [3.8, 4) is 11.8 Å². The highest BCUT2D eigenvalue weighted by Crippen LogP contribution is 2.25. The number of fused-ring (bicyclic) bond motifs is 1. The largest absolute Gasteiger partial charge is 0.326 e. The van der Waals surface area contributed by atoms with Crippen molar-refractivity contribution in [2.75, 3.05) is 0 Å². The van der Waals surface area contributed by atoms with Crippen LogP contribution in [0, 0.1) is 17.1 Å². The van der Waals surface area contributed by atoms with Crippen LogP contribution in [0.1, 0.15) is 11.3 Å². The van der Waals surface area contributed by atoms with Crippen molar-refractivity contribution in [1.82, 2.24) is 4.57 Å². The maximum absolute atomic E-state index is 13.3. The van der Waals surface area contributed by atoms with E-state index in [1.165, 1.54) is 12.1 Å². The fourth-order valence-electron chi connectivity index (χ4n) is 2.33. The molecule has 1 aromatic heterocycles. The zero-order valence-electron chi connectivity index (χ0n) is 11.1. The van der Waals surface area contributed by atoms with Crippen LogP contribution in [0.25, 0.3) is 16.6 Å². The molecule has 21 heavy (non-hydrogen) atoms. The quantitative estimate of drug-likeness (QED) is 0.787. The Morgan fingerprint density at radius 3 is 2.43 bits per heavy atom. The van der Waals surface area contributed by atoms with Gasteiger partial charge >= 0.3 is 0 Å². The van der Waals surface area contributed by atoms with E-state index in [1.807, 2.05) is 28.8 Å². The molecule has 3 rings (SSSR count). The van der Waals surface area contributed by atoms with E-state index in [2.05, 4.69) is 6.07 Å². The standard InChI is InChI=1S/C16H12FN3.ClH/c17-13-3-6-16-12(7-13)8-15(10-19)20(16)14-4-1-11(9-18)2-5-14;/h1-8H,9,18H2;1H. The lowest BCUT2D eigenvalue weighted by Gasteiger charge is -2.08. The number of aromatic nitrogens is 1. The first-order valence-corrected chi connectivity index (χ1v) is 6.23. The number of hydrogen-bond donors (Lipinski definition) is 1. The fourth-order valence-corrected chi connectivity index (χ4v) is 2.33. The minimum Gasteiger partial charge on any atom is -0.326 e. The van der Waals surface area contributed by atoms with Crippen molar-refractivity contribution < 1.29 is 4.39 Å². The molecule has 3 nitrogen and oxygen atoms in total. The van der Waals surface area contributed by atoms with Gasteiger partial charge in [-0.15, -0.1) is 12.4 Å². The minimum atomic E-state index is -0.308. The van der Waals surface area contributed by atoms with Crippen LogP contribution in [-0.2, 0) is 6.54 Å². The molecule has 0 aliphatic carbocycles. The maximum Gasteiger partial charge on any atom is 0.125 e. The van der Waals surface area contributed by atoms with E-state index >= 15 is 0 Å². The lowest BCUT2D eigenvalue weighted by Crippen LogP contribution is -1.99. The summed E-state index contributed by atoms with van der Waals surface area (Å²) in [5.41, 5.74) is 8.75. The normalized spacial score (nSPS) is 10.1. The molecule has 0 unspecified atom stereocenters. The van der Waals surface area contributed by atoms with Gasteiger partial charge in [-0.1, -0.05) is 12.1 Å². The van der Waals surface area contributed by atoms with Gasteiger partial charge < -0.3 is 10.3 Å². The molecule has 0 amide bonds. The van der Waals surface area contributed by atoms with Crippen LogP contribution in [0.2, 0.25) is 0 Å². The number of halogens is 2. The second-order valence-electron chi connectivity index (χ2n) is 4.55. The molecule has 2 N–H and O–H groups in total. The molecule has 0 saturated heterocycles. The summed E-state index contributed by atoms with van der Waals surface area (Å²) in [6.07, 6.45) is 0. The average Bonchev–Trinajstić information content (AvgIpc) is 2.84. The maximum atomic E-state index is 13.3. The van der Waals surface area contributed by atoms with Crippen molar-refractivity contribution >= 4 is 23.3 Å². The van der Waals surface area contributed by atoms with Gasteiger partial charge in [0.05, 0.1) is 5.52 Å². The summed E-state index contributed by atoms with van der Waals surface area (Å²) in [5.74, 6) is -0.308. The first-order chi connectivity index (χ1) is 9.72. The lowest BCUT2D eigenvalue weighted by molar-refractivity contribution is 0.629. The Hall–Kier alpha value is -2.35. The fraction of sp³-hybridized carbons (Fsp3) is 0.0625. The second kappa shape index (κ2) is 5.96. The number of nitriles is 1. The molecular weight excluding hydrogens is 289 g/mol. The Labute approximate surface area is 127 Å². The predicted molar refractivity (Wildman–Crippen MR) is 83.1 cm³/mol. The lowest BCUT2D eigenvalue weighted by atomic mass is 10.2. The molecule has 0 radical (unpaired) electrons. The number of benzene rings is 2. The first kappa shape index (κ1) is 15.0. The summed E-state index contributed by atoms with van der Waals surface area (Å²) in [6, 6.07) is 16.0. The average molecular weight is 302 g/mol. The van der Waals surface area contributed by atoms with Gasteiger partial charge in [0.2, 0.25) is 0 Å². The van der Waals surface area contributed by atoms with Gasteiger partial charge in [0.15, 0.2) is 0 Å². The molecule has 0 fully saturated rings. The topological polar surface area (TPSA) is 54.7 Å². The van der Waals surface area contributed by atoms with Crippen molar-refractivity contribution in [3.63, 3.8) is 0 Å². The second-order valence-corrected chi connectivity index (χ2v) is 4.55. The molecule has 2 aromatic carbocycles. The molecular formula is C16H13ClFN3. The third-order valence-electron chi connectivity index (χ3n) is 3.31. The first-order valence-electron chi connectivity index (χ1n) is 6.23. The van der Waals surface area contributed by atoms with Gasteiger partial charge in [0.25, 0.3) is 0 Å². The SMILES string of the molecule is Cl.N#Cc1cc2cc(F)ccc2n1-c1ccc(CN)cc1. The van der Waals surface area contributed by atoms with Crippen LogP contribution in [0.4, 0.5) is 4.39 Å². The summed E-state index contributed by atoms with van der Waals surface area (Å²) >= 11 is 0. The summed E-state index contributed by atoms with van der Waals surface area (Å²) in [6.45, 7) is 0.475. The molecule has 3 aromatic rings. The van der Waals surface area contributed by atoms with Gasteiger partial charge in [-0.3, -0.25) is 0 Å². The van der Waals surface area contributed by atoms with E-state index in [0.29, 0.717) is 17.6 Å². The molecule has 1 heterocycles. The van der Waals surface area contributed by atoms with Gasteiger partial charge in [0.1, 0.15) is 17.6 Å². The summed E-state index contributed by atoms with van der Waals surface area (Å²) in [7, 11) is 0. The third kappa shape index (κ3) is 2.62. The Kier molecular flexibility index (Phi) is 4.27. The Balaban J connectivity index is 0.00000161. The Morgan fingerprint density at radius 2 is 1.81 bits per heavy atom. The molecule has 0 saturated carbocycles. The predicted octanol–water partition coefficient (Wildman–Crippen LogP) is 3.52. The zero-order valence-corrected chi connectivity index (χ0v) is 11.9. The molecule has 0 spiro atoms. The highest BCUT2D eigenvalue weighted by molar-refractivity contribution is 5.85. The van der Waals surface area contributed by atoms with Gasteiger partial charge in [0, 0.05) is 17.6 Å². The number of rotatable bonds is 2. The van der Waals surface area contributed by atoms with Crippen LogP contribution in [-0.4, -0.2) is 4.57 Å². The minimum absolute atomic E-state index is 0. The monoisotopic (exact) mass is 301 g/mol. The molecule has 0 aliphatic rings. The smallest absolute Gasteiger partial charge is 0.125 e. The van der Waals surface area contributed by atoms with Crippen LogP contribution < -0.4 is 5.73 Å². The number of hydrogen-bond acceptors (Lipinski definition) is 2. The van der Waals surface area contributed by atoms with Gasteiger partial charge in [-0.25, -0.2) is 4.39 Å².